The van der Waals surface area contributed by atoms with Crippen LogP contribution in [0, 0.1) is 22.7 Å². The van der Waals surface area contributed by atoms with Crippen LogP contribution in [0.25, 0.3) is 0 Å². The van der Waals surface area contributed by atoms with Gasteiger partial charge in [0, 0.05) is 12.0 Å². The predicted octanol–water partition coefficient (Wildman–Crippen LogP) is 3.45. The monoisotopic (exact) mass is 215 g/mol. The zero-order valence-electron chi connectivity index (χ0n) is 10.0. The fourth-order valence-corrected chi connectivity index (χ4v) is 1.47. The molecule has 1 rings (SSSR count). The topological polar surface area (TPSA) is 40.9 Å². The number of nitriles is 1. The number of carbonyl (C=O) groups is 1. The highest BCUT2D eigenvalue weighted by Gasteiger charge is 2.26. The maximum atomic E-state index is 11.9. The minimum Gasteiger partial charge on any atom is -0.294 e. The van der Waals surface area contributed by atoms with Crippen molar-refractivity contribution in [2.24, 2.45) is 11.3 Å². The van der Waals surface area contributed by atoms with Gasteiger partial charge < -0.3 is 0 Å². The van der Waals surface area contributed by atoms with E-state index in [9.17, 15) is 4.79 Å². The van der Waals surface area contributed by atoms with E-state index in [1.165, 1.54) is 0 Å². The molecule has 0 aliphatic carbocycles. The summed E-state index contributed by atoms with van der Waals surface area (Å²) in [7, 11) is 0. The van der Waals surface area contributed by atoms with Crippen LogP contribution >= 0.6 is 0 Å². The van der Waals surface area contributed by atoms with Gasteiger partial charge in [0.05, 0.1) is 12.0 Å². The van der Waals surface area contributed by atoms with Crippen molar-refractivity contribution in [1.82, 2.24) is 0 Å². The molecule has 0 N–H and O–H groups in total. The molecule has 0 fully saturated rings. The third-order valence-corrected chi connectivity index (χ3v) is 2.69. The van der Waals surface area contributed by atoms with Crippen LogP contribution in [0.15, 0.2) is 30.3 Å². The standard InChI is InChI=1S/C14H17NO/c1-14(2,3)12(10-15)9-13(16)11-7-5-4-6-8-11/h4-8,12H,9H2,1-3H3. The van der Waals surface area contributed by atoms with Crippen LogP contribution in [-0.4, -0.2) is 5.78 Å². The number of benzene rings is 1. The minimum absolute atomic E-state index is 0.0436. The van der Waals surface area contributed by atoms with E-state index in [2.05, 4.69) is 6.07 Å². The first kappa shape index (κ1) is 12.4. The van der Waals surface area contributed by atoms with E-state index in [4.69, 9.17) is 5.26 Å². The fraction of sp³-hybridized carbons (Fsp3) is 0.429. The molecule has 0 aliphatic rings. The van der Waals surface area contributed by atoms with Crippen LogP contribution in [0.1, 0.15) is 37.6 Å². The lowest BCUT2D eigenvalue weighted by Gasteiger charge is -2.23. The summed E-state index contributed by atoms with van der Waals surface area (Å²) in [5, 5.41) is 9.06. The first-order valence-corrected chi connectivity index (χ1v) is 5.43. The van der Waals surface area contributed by atoms with Crippen molar-refractivity contribution in [3.63, 3.8) is 0 Å². The number of carbonyl (C=O) groups excluding carboxylic acids is 1. The van der Waals surface area contributed by atoms with Crippen molar-refractivity contribution < 1.29 is 4.79 Å². The Kier molecular flexibility index (Phi) is 3.84. The Hall–Kier alpha value is -1.62. The molecule has 2 nitrogen and oxygen atoms in total. The SMILES string of the molecule is CC(C)(C)C(C#N)CC(=O)c1ccccc1. The van der Waals surface area contributed by atoms with E-state index >= 15 is 0 Å². The summed E-state index contributed by atoms with van der Waals surface area (Å²) in [4.78, 5) is 11.9. The van der Waals surface area contributed by atoms with Gasteiger partial charge in [0.25, 0.3) is 0 Å². The van der Waals surface area contributed by atoms with E-state index in [1.807, 2.05) is 39.0 Å². The number of ketones is 1. The van der Waals surface area contributed by atoms with Crippen LogP contribution < -0.4 is 0 Å². The molecule has 0 aliphatic heterocycles. The second-order valence-corrected chi connectivity index (χ2v) is 5.04. The van der Waals surface area contributed by atoms with Crippen LogP contribution in [0.2, 0.25) is 0 Å². The van der Waals surface area contributed by atoms with Crippen molar-refractivity contribution in [3.05, 3.63) is 35.9 Å². The van der Waals surface area contributed by atoms with Crippen molar-refractivity contribution in [2.75, 3.05) is 0 Å². The van der Waals surface area contributed by atoms with Gasteiger partial charge in [0.1, 0.15) is 0 Å². The van der Waals surface area contributed by atoms with Gasteiger partial charge in [-0.25, -0.2) is 0 Å². The summed E-state index contributed by atoms with van der Waals surface area (Å²) in [6, 6.07) is 11.4. The third-order valence-electron chi connectivity index (χ3n) is 2.69. The number of nitrogens with zero attached hydrogens (tertiary/aromatic N) is 1. The summed E-state index contributed by atoms with van der Waals surface area (Å²) < 4.78 is 0. The molecule has 0 saturated heterocycles. The molecular formula is C14H17NO. The minimum atomic E-state index is -0.236. The Labute approximate surface area is 96.9 Å². The number of rotatable bonds is 3. The van der Waals surface area contributed by atoms with Gasteiger partial charge >= 0.3 is 0 Å². The second kappa shape index (κ2) is 4.94. The van der Waals surface area contributed by atoms with Crippen LogP contribution in [0.3, 0.4) is 0 Å². The lowest BCUT2D eigenvalue weighted by Crippen LogP contribution is -2.22. The molecule has 0 bridgehead atoms. The second-order valence-electron chi connectivity index (χ2n) is 5.04. The summed E-state index contributed by atoms with van der Waals surface area (Å²) in [6.07, 6.45) is 0.296. The van der Waals surface area contributed by atoms with Crippen molar-refractivity contribution >= 4 is 5.78 Å². The van der Waals surface area contributed by atoms with Crippen LogP contribution in [0.5, 0.6) is 0 Å². The summed E-state index contributed by atoms with van der Waals surface area (Å²) in [5.41, 5.74) is 0.533. The molecule has 1 aromatic rings. The summed E-state index contributed by atoms with van der Waals surface area (Å²) >= 11 is 0. The zero-order valence-corrected chi connectivity index (χ0v) is 10.0. The molecule has 2 heteroatoms. The molecule has 0 saturated carbocycles. The quantitative estimate of drug-likeness (QED) is 0.724. The Morgan fingerprint density at radius 2 is 1.88 bits per heavy atom. The smallest absolute Gasteiger partial charge is 0.164 e. The maximum absolute atomic E-state index is 11.9. The summed E-state index contributed by atoms with van der Waals surface area (Å²) in [5.74, 6) is -0.192. The molecule has 84 valence electrons. The first-order chi connectivity index (χ1) is 7.45. The lowest BCUT2D eigenvalue weighted by atomic mass is 9.78. The van der Waals surface area contributed by atoms with E-state index < -0.39 is 0 Å². The van der Waals surface area contributed by atoms with Gasteiger partial charge in [-0.15, -0.1) is 0 Å². The third kappa shape index (κ3) is 3.20. The molecule has 0 amide bonds. The van der Waals surface area contributed by atoms with E-state index in [-0.39, 0.29) is 17.1 Å². The van der Waals surface area contributed by atoms with Gasteiger partial charge in [-0.1, -0.05) is 51.1 Å². The molecule has 1 unspecified atom stereocenters. The highest BCUT2D eigenvalue weighted by molar-refractivity contribution is 5.96. The molecule has 1 aromatic carbocycles. The highest BCUT2D eigenvalue weighted by atomic mass is 16.1. The highest BCUT2D eigenvalue weighted by Crippen LogP contribution is 2.29. The predicted molar refractivity (Wildman–Crippen MR) is 63.9 cm³/mol. The van der Waals surface area contributed by atoms with Gasteiger partial charge in [0.2, 0.25) is 0 Å². The Bertz CT molecular complexity index is 395. The van der Waals surface area contributed by atoms with Crippen molar-refractivity contribution in [2.45, 2.75) is 27.2 Å². The first-order valence-electron chi connectivity index (χ1n) is 5.43. The Morgan fingerprint density at radius 1 is 1.31 bits per heavy atom. The lowest BCUT2D eigenvalue weighted by molar-refractivity contribution is 0.0943. The van der Waals surface area contributed by atoms with Crippen LogP contribution in [0.4, 0.5) is 0 Å². The number of Topliss-reactive ketones (excluding diaryl/α,β-unsaturated/α-hetero) is 1. The molecule has 16 heavy (non-hydrogen) atoms. The molecule has 0 aromatic heterocycles. The van der Waals surface area contributed by atoms with Gasteiger partial charge in [-0.05, 0) is 5.41 Å². The van der Waals surface area contributed by atoms with Crippen molar-refractivity contribution in [1.29, 1.82) is 5.26 Å². The zero-order chi connectivity index (χ0) is 12.2. The average molecular weight is 215 g/mol. The normalized spacial score (nSPS) is 12.9. The molecular weight excluding hydrogens is 198 g/mol. The van der Waals surface area contributed by atoms with Gasteiger partial charge in [-0.3, -0.25) is 4.79 Å². The Balaban J connectivity index is 2.76. The number of hydrogen-bond acceptors (Lipinski definition) is 2. The largest absolute Gasteiger partial charge is 0.294 e. The van der Waals surface area contributed by atoms with E-state index in [0.717, 1.165) is 0 Å². The van der Waals surface area contributed by atoms with Crippen LogP contribution in [-0.2, 0) is 0 Å². The fourth-order valence-electron chi connectivity index (χ4n) is 1.47. The van der Waals surface area contributed by atoms with E-state index in [1.54, 1.807) is 12.1 Å². The average Bonchev–Trinajstić information content (AvgIpc) is 2.25. The Morgan fingerprint density at radius 3 is 2.31 bits per heavy atom. The van der Waals surface area contributed by atoms with Crippen molar-refractivity contribution in [3.8, 4) is 6.07 Å². The maximum Gasteiger partial charge on any atom is 0.164 e. The molecule has 0 heterocycles. The van der Waals surface area contributed by atoms with Gasteiger partial charge in [0.15, 0.2) is 5.78 Å². The molecule has 0 radical (unpaired) electrons. The van der Waals surface area contributed by atoms with E-state index in [0.29, 0.717) is 12.0 Å². The van der Waals surface area contributed by atoms with Gasteiger partial charge in [-0.2, -0.15) is 5.26 Å². The number of hydrogen-bond donors (Lipinski definition) is 0. The molecule has 1 atom stereocenters. The summed E-state index contributed by atoms with van der Waals surface area (Å²) in [6.45, 7) is 5.96. The molecule has 0 spiro atoms.